The predicted octanol–water partition coefficient (Wildman–Crippen LogP) is 2.42. The van der Waals surface area contributed by atoms with E-state index >= 15 is 0 Å². The van der Waals surface area contributed by atoms with Crippen LogP contribution >= 0.6 is 11.6 Å². The number of hydrazone groups is 1. The summed E-state index contributed by atoms with van der Waals surface area (Å²) in [5.74, 6) is 5.34. The number of carbonyl (C=O) groups is 1. The second-order valence-electron chi connectivity index (χ2n) is 4.96. The van der Waals surface area contributed by atoms with Gasteiger partial charge >= 0.3 is 0 Å². The third-order valence-corrected chi connectivity index (χ3v) is 3.74. The zero-order valence-corrected chi connectivity index (χ0v) is 13.2. The monoisotopic (exact) mass is 337 g/mol. The number of carbonyl (C=O) groups excluding carboxylic acids is 1. The Bertz CT molecular complexity index is 913. The van der Waals surface area contributed by atoms with Crippen LogP contribution in [0.5, 0.6) is 0 Å². The smallest absolute Gasteiger partial charge is 0.266 e. The lowest BCUT2D eigenvalue weighted by molar-refractivity contribution is -0.113. The molecule has 0 fully saturated rings. The van der Waals surface area contributed by atoms with Gasteiger partial charge in [0.25, 0.3) is 5.91 Å². The van der Waals surface area contributed by atoms with Gasteiger partial charge in [0.2, 0.25) is 0 Å². The van der Waals surface area contributed by atoms with Crippen LogP contribution in [0.25, 0.3) is 5.70 Å². The largest absolute Gasteiger partial charge is 0.338 e. The number of anilines is 1. The molecule has 6 nitrogen and oxygen atoms in total. The molecule has 1 aliphatic heterocycles. The molecule has 0 unspecified atom stereocenters. The Morgan fingerprint density at radius 1 is 1.25 bits per heavy atom. The number of benzene rings is 2. The van der Waals surface area contributed by atoms with Gasteiger partial charge in [0.15, 0.2) is 12.0 Å². The molecule has 7 heteroatoms. The number of amidine groups is 1. The van der Waals surface area contributed by atoms with Crippen molar-refractivity contribution in [1.29, 1.82) is 5.26 Å². The van der Waals surface area contributed by atoms with Crippen LogP contribution in [0.2, 0.25) is 5.02 Å². The van der Waals surface area contributed by atoms with E-state index in [0.717, 1.165) is 16.0 Å². The van der Waals surface area contributed by atoms with Crippen LogP contribution in [0.3, 0.4) is 0 Å². The highest BCUT2D eigenvalue weighted by molar-refractivity contribution is 6.31. The molecule has 118 valence electrons. The summed E-state index contributed by atoms with van der Waals surface area (Å²) in [6.45, 7) is 0. The lowest BCUT2D eigenvalue weighted by Crippen LogP contribution is -2.25. The van der Waals surface area contributed by atoms with Gasteiger partial charge in [0, 0.05) is 22.2 Å². The van der Waals surface area contributed by atoms with Crippen molar-refractivity contribution in [3.63, 3.8) is 0 Å². The molecule has 1 heterocycles. The molecule has 0 radical (unpaired) electrons. The number of fused-ring (bicyclic) bond motifs is 1. The molecule has 3 N–H and O–H groups in total. The van der Waals surface area contributed by atoms with Gasteiger partial charge < -0.3 is 11.2 Å². The lowest BCUT2D eigenvalue weighted by atomic mass is 10.1. The Morgan fingerprint density at radius 3 is 2.67 bits per heavy atom. The van der Waals surface area contributed by atoms with E-state index < -0.39 is 5.91 Å². The average molecular weight is 338 g/mol. The molecule has 1 amide bonds. The van der Waals surface area contributed by atoms with Crippen LogP contribution in [-0.2, 0) is 4.79 Å². The summed E-state index contributed by atoms with van der Waals surface area (Å²) in [6.07, 6.45) is 3.20. The van der Waals surface area contributed by atoms with Crippen LogP contribution in [0, 0.1) is 11.5 Å². The summed E-state index contributed by atoms with van der Waals surface area (Å²) < 4.78 is 0. The number of halogens is 1. The lowest BCUT2D eigenvalue weighted by Gasteiger charge is -2.12. The van der Waals surface area contributed by atoms with E-state index in [2.05, 4.69) is 10.4 Å². The van der Waals surface area contributed by atoms with Gasteiger partial charge in [-0.15, -0.1) is 0 Å². The van der Waals surface area contributed by atoms with Gasteiger partial charge in [-0.2, -0.15) is 10.4 Å². The van der Waals surface area contributed by atoms with Crippen LogP contribution in [0.1, 0.15) is 11.1 Å². The van der Waals surface area contributed by atoms with Gasteiger partial charge in [0.05, 0.1) is 11.4 Å². The highest BCUT2D eigenvalue weighted by Gasteiger charge is 2.23. The van der Waals surface area contributed by atoms with Crippen LogP contribution < -0.4 is 16.1 Å². The SMILES string of the molecule is N#CN(C(=O)C=C1NC(=NN)c2ccccc21)c1cccc(Cl)c1. The Hall–Kier alpha value is -3.30. The number of hydrogen-bond donors (Lipinski definition) is 2. The fourth-order valence-corrected chi connectivity index (χ4v) is 2.62. The molecule has 0 bridgehead atoms. The quantitative estimate of drug-likeness (QED) is 0.289. The normalized spacial score (nSPS) is 15.7. The van der Waals surface area contributed by atoms with Crippen molar-refractivity contribution in [2.24, 2.45) is 10.9 Å². The van der Waals surface area contributed by atoms with E-state index in [0.29, 0.717) is 22.2 Å². The van der Waals surface area contributed by atoms with E-state index in [9.17, 15) is 10.1 Å². The van der Waals surface area contributed by atoms with Crippen molar-refractivity contribution in [2.45, 2.75) is 0 Å². The van der Waals surface area contributed by atoms with Gasteiger partial charge in [-0.1, -0.05) is 41.9 Å². The van der Waals surface area contributed by atoms with E-state index in [1.165, 1.54) is 6.08 Å². The summed E-state index contributed by atoms with van der Waals surface area (Å²) in [5.41, 5.74) is 2.51. The molecular weight excluding hydrogens is 326 g/mol. The second-order valence-corrected chi connectivity index (χ2v) is 5.40. The molecule has 0 saturated carbocycles. The van der Waals surface area contributed by atoms with Gasteiger partial charge in [-0.05, 0) is 18.2 Å². The average Bonchev–Trinajstić information content (AvgIpc) is 2.94. The van der Waals surface area contributed by atoms with Crippen LogP contribution in [0.15, 0.2) is 59.7 Å². The van der Waals surface area contributed by atoms with Crippen molar-refractivity contribution in [1.82, 2.24) is 5.32 Å². The molecule has 0 aliphatic carbocycles. The third-order valence-electron chi connectivity index (χ3n) is 3.51. The third kappa shape index (κ3) is 2.81. The number of nitrogens with two attached hydrogens (primary N) is 1. The molecule has 0 atom stereocenters. The Morgan fingerprint density at radius 2 is 2.00 bits per heavy atom. The molecule has 3 rings (SSSR count). The minimum absolute atomic E-state index is 0.394. The fraction of sp³-hybridized carbons (Fsp3) is 0. The van der Waals surface area contributed by atoms with Crippen molar-refractivity contribution >= 4 is 34.7 Å². The van der Waals surface area contributed by atoms with Crippen LogP contribution in [0.4, 0.5) is 5.69 Å². The van der Waals surface area contributed by atoms with Crippen molar-refractivity contribution < 1.29 is 4.79 Å². The number of nitrogens with zero attached hydrogens (tertiary/aromatic N) is 3. The molecule has 2 aromatic carbocycles. The molecule has 1 aliphatic rings. The minimum Gasteiger partial charge on any atom is -0.338 e. The Kier molecular flexibility index (Phi) is 4.18. The first-order valence-corrected chi connectivity index (χ1v) is 7.37. The maximum absolute atomic E-state index is 12.5. The molecule has 2 aromatic rings. The Balaban J connectivity index is 1.97. The maximum Gasteiger partial charge on any atom is 0.266 e. The van der Waals surface area contributed by atoms with Gasteiger partial charge in [-0.3, -0.25) is 4.79 Å². The topological polar surface area (TPSA) is 94.5 Å². The zero-order valence-electron chi connectivity index (χ0n) is 12.4. The van der Waals surface area contributed by atoms with Crippen molar-refractivity contribution in [3.05, 3.63) is 70.8 Å². The predicted molar refractivity (Wildman–Crippen MR) is 92.8 cm³/mol. The summed E-state index contributed by atoms with van der Waals surface area (Å²) >= 11 is 5.92. The number of nitrogens with one attached hydrogen (secondary N) is 1. The van der Waals surface area contributed by atoms with E-state index in [1.807, 2.05) is 30.5 Å². The first-order valence-electron chi connectivity index (χ1n) is 7.00. The zero-order chi connectivity index (χ0) is 17.1. The molecule has 24 heavy (non-hydrogen) atoms. The van der Waals surface area contributed by atoms with E-state index in [4.69, 9.17) is 17.4 Å². The highest BCUT2D eigenvalue weighted by Crippen LogP contribution is 2.25. The number of hydrogen-bond acceptors (Lipinski definition) is 4. The summed E-state index contributed by atoms with van der Waals surface area (Å²) in [6, 6.07) is 13.9. The van der Waals surface area contributed by atoms with Crippen LogP contribution in [-0.4, -0.2) is 11.7 Å². The van der Waals surface area contributed by atoms with Crippen molar-refractivity contribution in [3.8, 4) is 6.19 Å². The first-order chi connectivity index (χ1) is 11.6. The van der Waals surface area contributed by atoms with Gasteiger partial charge in [-0.25, -0.2) is 4.90 Å². The number of amides is 1. The fourth-order valence-electron chi connectivity index (χ4n) is 2.44. The second kappa shape index (κ2) is 6.44. The van der Waals surface area contributed by atoms with Crippen molar-refractivity contribution in [2.75, 3.05) is 4.90 Å². The molecule has 0 saturated heterocycles. The Labute approximate surface area is 143 Å². The summed E-state index contributed by atoms with van der Waals surface area (Å²) in [7, 11) is 0. The summed E-state index contributed by atoms with van der Waals surface area (Å²) in [4.78, 5) is 13.5. The van der Waals surface area contributed by atoms with E-state index in [1.54, 1.807) is 24.3 Å². The standard InChI is InChI=1S/C17H12ClN5O/c18-11-4-3-5-12(8-11)23(10-19)16(24)9-15-13-6-1-2-7-14(13)17(21-15)22-20/h1-9H,20H2,(H,21,22). The number of rotatable bonds is 2. The first kappa shape index (κ1) is 15.6. The van der Waals surface area contributed by atoms with Gasteiger partial charge in [0.1, 0.15) is 0 Å². The molecule has 0 aromatic heterocycles. The highest BCUT2D eigenvalue weighted by atomic mass is 35.5. The summed E-state index contributed by atoms with van der Waals surface area (Å²) in [5, 5.41) is 16.4. The maximum atomic E-state index is 12.5. The minimum atomic E-state index is -0.504. The molecular formula is C17H12ClN5O. The van der Waals surface area contributed by atoms with E-state index in [-0.39, 0.29) is 0 Å². The number of nitriles is 1. The molecule has 0 spiro atoms.